The van der Waals surface area contributed by atoms with Crippen LogP contribution < -0.4 is 0 Å². The molecule has 3 atom stereocenters. The second kappa shape index (κ2) is 5.45. The van der Waals surface area contributed by atoms with E-state index in [1.165, 1.54) is 6.07 Å². The lowest BCUT2D eigenvalue weighted by Gasteiger charge is -2.44. The van der Waals surface area contributed by atoms with E-state index in [0.717, 1.165) is 25.7 Å². The summed E-state index contributed by atoms with van der Waals surface area (Å²) in [6, 6.07) is 1.44. The number of hydrogen-bond donors (Lipinski definition) is 0. The Bertz CT molecular complexity index is 324. The molecule has 1 aliphatic carbocycles. The Hall–Kier alpha value is -0.800. The van der Waals surface area contributed by atoms with Crippen LogP contribution in [0, 0.1) is 17.2 Å². The zero-order valence-corrected chi connectivity index (χ0v) is 10.1. The van der Waals surface area contributed by atoms with Gasteiger partial charge in [-0.3, -0.25) is 4.90 Å². The average molecular weight is 262 g/mol. The molecule has 0 spiro atoms. The summed E-state index contributed by atoms with van der Waals surface area (Å²) in [4.78, 5) is 1.80. The summed E-state index contributed by atoms with van der Waals surface area (Å²) < 4.78 is 43.5. The van der Waals surface area contributed by atoms with Crippen molar-refractivity contribution in [3.63, 3.8) is 0 Å². The molecular formula is C12H17F3N2O. The topological polar surface area (TPSA) is 36.3 Å². The van der Waals surface area contributed by atoms with E-state index in [-0.39, 0.29) is 18.7 Å². The molecular weight excluding hydrogens is 245 g/mol. The van der Waals surface area contributed by atoms with Crippen LogP contribution in [0.1, 0.15) is 25.7 Å². The third kappa shape index (κ3) is 2.96. The molecule has 0 amide bonds. The minimum Gasteiger partial charge on any atom is -0.375 e. The Labute approximate surface area is 105 Å². The van der Waals surface area contributed by atoms with E-state index in [9.17, 15) is 13.2 Å². The van der Waals surface area contributed by atoms with E-state index in [1.807, 2.05) is 0 Å². The van der Waals surface area contributed by atoms with E-state index in [0.29, 0.717) is 13.2 Å². The van der Waals surface area contributed by atoms with Gasteiger partial charge in [-0.05, 0) is 12.8 Å². The molecule has 0 aromatic rings. The van der Waals surface area contributed by atoms with Crippen LogP contribution >= 0.6 is 0 Å². The van der Waals surface area contributed by atoms with E-state index in [4.69, 9.17) is 10.00 Å². The highest BCUT2D eigenvalue weighted by Gasteiger charge is 2.43. The smallest absolute Gasteiger partial charge is 0.375 e. The zero-order valence-electron chi connectivity index (χ0n) is 10.1. The average Bonchev–Trinajstić information content (AvgIpc) is 2.34. The number of morpholine rings is 1. The Morgan fingerprint density at radius 3 is 2.72 bits per heavy atom. The Kier molecular flexibility index (Phi) is 4.13. The van der Waals surface area contributed by atoms with Gasteiger partial charge in [-0.25, -0.2) is 0 Å². The fourth-order valence-corrected chi connectivity index (χ4v) is 2.86. The number of halogens is 3. The Balaban J connectivity index is 2.01. The maximum absolute atomic E-state index is 12.6. The summed E-state index contributed by atoms with van der Waals surface area (Å²) in [5, 5.41) is 8.66. The molecule has 102 valence electrons. The van der Waals surface area contributed by atoms with E-state index in [2.05, 4.69) is 0 Å². The van der Waals surface area contributed by atoms with Gasteiger partial charge in [0.1, 0.15) is 0 Å². The normalized spacial score (nSPS) is 31.4. The lowest BCUT2D eigenvalue weighted by atomic mass is 9.89. The first kappa shape index (κ1) is 13.6. The third-order valence-electron chi connectivity index (χ3n) is 3.82. The molecule has 1 aliphatic heterocycles. The van der Waals surface area contributed by atoms with Gasteiger partial charge in [0, 0.05) is 19.1 Å². The monoisotopic (exact) mass is 262 g/mol. The van der Waals surface area contributed by atoms with Gasteiger partial charge in [0.25, 0.3) is 0 Å². The number of nitrogens with zero attached hydrogens (tertiary/aromatic N) is 2. The van der Waals surface area contributed by atoms with Gasteiger partial charge < -0.3 is 4.74 Å². The standard InChI is InChI=1S/C12H17F3N2O/c13-12(14,15)9(7-16)8-17-5-6-18-11-4-2-1-3-10(11)17/h9-11H,1-6,8H2. The Morgan fingerprint density at radius 2 is 2.06 bits per heavy atom. The van der Waals surface area contributed by atoms with Crippen molar-refractivity contribution in [3.05, 3.63) is 0 Å². The molecule has 18 heavy (non-hydrogen) atoms. The van der Waals surface area contributed by atoms with Crippen LogP contribution in [0.4, 0.5) is 13.2 Å². The molecule has 6 heteroatoms. The van der Waals surface area contributed by atoms with Gasteiger partial charge in [-0.2, -0.15) is 18.4 Å². The molecule has 0 radical (unpaired) electrons. The quantitative estimate of drug-likeness (QED) is 0.766. The molecule has 1 saturated heterocycles. The number of fused-ring (bicyclic) bond motifs is 1. The first-order valence-corrected chi connectivity index (χ1v) is 6.34. The van der Waals surface area contributed by atoms with Gasteiger partial charge in [0.15, 0.2) is 5.92 Å². The van der Waals surface area contributed by atoms with Crippen molar-refractivity contribution in [2.75, 3.05) is 19.7 Å². The molecule has 1 saturated carbocycles. The summed E-state index contributed by atoms with van der Waals surface area (Å²) in [5.74, 6) is -1.89. The van der Waals surface area contributed by atoms with Crippen molar-refractivity contribution in [1.82, 2.24) is 4.90 Å². The molecule has 3 nitrogen and oxygen atoms in total. The fourth-order valence-electron chi connectivity index (χ4n) is 2.86. The van der Waals surface area contributed by atoms with Crippen LogP contribution in [0.2, 0.25) is 0 Å². The van der Waals surface area contributed by atoms with Gasteiger partial charge in [-0.15, -0.1) is 0 Å². The molecule has 2 aliphatic rings. The number of hydrogen-bond acceptors (Lipinski definition) is 3. The summed E-state index contributed by atoms with van der Waals surface area (Å²) >= 11 is 0. The highest BCUT2D eigenvalue weighted by molar-refractivity contribution is 4.95. The summed E-state index contributed by atoms with van der Waals surface area (Å²) in [5.41, 5.74) is 0. The van der Waals surface area contributed by atoms with Crippen molar-refractivity contribution in [2.24, 2.45) is 5.92 Å². The maximum Gasteiger partial charge on any atom is 0.405 e. The van der Waals surface area contributed by atoms with Gasteiger partial charge in [0.2, 0.25) is 0 Å². The molecule has 0 bridgehead atoms. The van der Waals surface area contributed by atoms with E-state index >= 15 is 0 Å². The molecule has 2 rings (SSSR count). The lowest BCUT2D eigenvalue weighted by molar-refractivity contribution is -0.173. The first-order valence-electron chi connectivity index (χ1n) is 6.34. The number of ether oxygens (including phenoxy) is 1. The van der Waals surface area contributed by atoms with Gasteiger partial charge >= 0.3 is 6.18 Å². The van der Waals surface area contributed by atoms with Gasteiger partial charge in [0.05, 0.1) is 18.8 Å². The van der Waals surface area contributed by atoms with Crippen molar-refractivity contribution in [3.8, 4) is 6.07 Å². The summed E-state index contributed by atoms with van der Waals surface area (Å²) in [7, 11) is 0. The molecule has 0 aromatic carbocycles. The first-order chi connectivity index (χ1) is 8.52. The Morgan fingerprint density at radius 1 is 1.33 bits per heavy atom. The predicted molar refractivity (Wildman–Crippen MR) is 58.7 cm³/mol. The van der Waals surface area contributed by atoms with Gasteiger partial charge in [-0.1, -0.05) is 12.8 Å². The second-order valence-corrected chi connectivity index (χ2v) is 4.98. The highest BCUT2D eigenvalue weighted by atomic mass is 19.4. The van der Waals surface area contributed by atoms with E-state index < -0.39 is 12.1 Å². The SMILES string of the molecule is N#CC(CN1CCOC2CCCCC21)C(F)(F)F. The van der Waals surface area contributed by atoms with Crippen LogP contribution in [0.3, 0.4) is 0 Å². The predicted octanol–water partition coefficient (Wildman–Crippen LogP) is 2.33. The lowest BCUT2D eigenvalue weighted by Crippen LogP contribution is -2.54. The second-order valence-electron chi connectivity index (χ2n) is 4.98. The minimum absolute atomic E-state index is 0.0556. The van der Waals surface area contributed by atoms with Crippen molar-refractivity contribution >= 4 is 0 Å². The van der Waals surface area contributed by atoms with Crippen LogP contribution in [0.5, 0.6) is 0 Å². The molecule has 1 heterocycles. The van der Waals surface area contributed by atoms with Crippen molar-refractivity contribution in [2.45, 2.75) is 44.0 Å². The maximum atomic E-state index is 12.6. The zero-order chi connectivity index (χ0) is 13.2. The minimum atomic E-state index is -4.43. The fraction of sp³-hybridized carbons (Fsp3) is 0.917. The third-order valence-corrected chi connectivity index (χ3v) is 3.82. The number of alkyl halides is 3. The van der Waals surface area contributed by atoms with Crippen molar-refractivity contribution in [1.29, 1.82) is 5.26 Å². The molecule has 0 aromatic heterocycles. The van der Waals surface area contributed by atoms with Crippen LogP contribution in [0.25, 0.3) is 0 Å². The van der Waals surface area contributed by atoms with E-state index in [1.54, 1.807) is 4.90 Å². The molecule has 3 unspecified atom stereocenters. The van der Waals surface area contributed by atoms with Crippen LogP contribution in [-0.4, -0.2) is 42.9 Å². The summed E-state index contributed by atoms with van der Waals surface area (Å²) in [6.07, 6.45) is -0.470. The largest absolute Gasteiger partial charge is 0.405 e. The highest BCUT2D eigenvalue weighted by Crippen LogP contribution is 2.32. The molecule has 0 N–H and O–H groups in total. The summed E-state index contributed by atoms with van der Waals surface area (Å²) in [6.45, 7) is 0.747. The van der Waals surface area contributed by atoms with Crippen molar-refractivity contribution < 1.29 is 17.9 Å². The van der Waals surface area contributed by atoms with Crippen LogP contribution in [-0.2, 0) is 4.74 Å². The van der Waals surface area contributed by atoms with Crippen LogP contribution in [0.15, 0.2) is 0 Å². The number of nitriles is 1. The molecule has 2 fully saturated rings. The number of rotatable bonds is 2.